The van der Waals surface area contributed by atoms with E-state index in [9.17, 15) is 4.79 Å². The lowest BCUT2D eigenvalue weighted by Gasteiger charge is -2.20. The van der Waals surface area contributed by atoms with Crippen LogP contribution in [0.5, 0.6) is 0 Å². The van der Waals surface area contributed by atoms with Gasteiger partial charge in [0.15, 0.2) is 0 Å². The summed E-state index contributed by atoms with van der Waals surface area (Å²) in [5.41, 5.74) is 1.10. The summed E-state index contributed by atoms with van der Waals surface area (Å²) in [4.78, 5) is 11.6. The molecule has 0 bridgehead atoms. The van der Waals surface area contributed by atoms with Gasteiger partial charge in [0.05, 0.1) is 6.07 Å². The maximum absolute atomic E-state index is 11.6. The van der Waals surface area contributed by atoms with E-state index in [4.69, 9.17) is 21.6 Å². The Bertz CT molecular complexity index is 554. The van der Waals surface area contributed by atoms with Crippen LogP contribution in [0.2, 0.25) is 5.02 Å². The quantitative estimate of drug-likeness (QED) is 0.859. The molecule has 0 aliphatic carbocycles. The van der Waals surface area contributed by atoms with E-state index in [1.165, 1.54) is 6.08 Å². The van der Waals surface area contributed by atoms with E-state index in [0.29, 0.717) is 5.02 Å². The zero-order chi connectivity index (χ0) is 15.2. The van der Waals surface area contributed by atoms with Crippen LogP contribution in [-0.2, 0) is 11.3 Å². The predicted molar refractivity (Wildman–Crippen MR) is 79.2 cm³/mol. The number of nitrogens with zero attached hydrogens (tertiary/aromatic N) is 1. The van der Waals surface area contributed by atoms with Crippen LogP contribution in [-0.4, -0.2) is 11.7 Å². The molecular weight excluding hydrogens is 276 g/mol. The molecule has 0 saturated heterocycles. The summed E-state index contributed by atoms with van der Waals surface area (Å²) in [5.74, 6) is 0. The number of hydrogen-bond donors (Lipinski definition) is 1. The topological polar surface area (TPSA) is 62.1 Å². The lowest BCUT2D eigenvalue weighted by Crippen LogP contribution is -2.32. The van der Waals surface area contributed by atoms with E-state index in [0.717, 1.165) is 11.1 Å². The molecular formula is C15H17ClN2O2. The number of benzene rings is 1. The monoisotopic (exact) mass is 292 g/mol. The van der Waals surface area contributed by atoms with E-state index in [2.05, 4.69) is 5.32 Å². The molecule has 1 N–H and O–H groups in total. The molecule has 4 nitrogen and oxygen atoms in total. The largest absolute Gasteiger partial charge is 0.444 e. The first-order valence-corrected chi connectivity index (χ1v) is 6.51. The molecule has 0 aliphatic heterocycles. The van der Waals surface area contributed by atoms with Gasteiger partial charge in [-0.25, -0.2) is 4.79 Å². The maximum Gasteiger partial charge on any atom is 0.407 e. The second-order valence-corrected chi connectivity index (χ2v) is 5.60. The molecule has 106 valence electrons. The number of carbonyl (C=O) groups is 1. The number of amides is 1. The molecule has 1 rings (SSSR count). The van der Waals surface area contributed by atoms with Gasteiger partial charge in [-0.05, 0) is 50.1 Å². The number of alkyl carbamates (subject to hydrolysis) is 1. The fraction of sp³-hybridized carbons (Fsp3) is 0.333. The standard InChI is InChI=1S/C15H17ClN2O2/c1-15(2,3)20-14(19)18-10-12-9-13(16)7-6-11(12)5-4-8-17/h4-7,9H,10H2,1-3H3,(H,18,19)/b5-4+. The number of halogens is 1. The van der Waals surface area contributed by atoms with Crippen molar-refractivity contribution in [2.75, 3.05) is 0 Å². The van der Waals surface area contributed by atoms with Gasteiger partial charge in [-0.3, -0.25) is 0 Å². The van der Waals surface area contributed by atoms with Crippen LogP contribution in [0.1, 0.15) is 31.9 Å². The Kier molecular flexibility index (Phi) is 5.60. The number of ether oxygens (including phenoxy) is 1. The average Bonchev–Trinajstić information content (AvgIpc) is 2.33. The molecule has 0 atom stereocenters. The van der Waals surface area contributed by atoms with Gasteiger partial charge < -0.3 is 10.1 Å². The Morgan fingerprint density at radius 3 is 2.80 bits per heavy atom. The van der Waals surface area contributed by atoms with Crippen molar-refractivity contribution in [3.63, 3.8) is 0 Å². The molecule has 0 aromatic heterocycles. The van der Waals surface area contributed by atoms with E-state index in [1.807, 2.05) is 6.07 Å². The molecule has 5 heteroatoms. The first-order chi connectivity index (χ1) is 9.31. The fourth-order valence-corrected chi connectivity index (χ4v) is 1.69. The lowest BCUT2D eigenvalue weighted by molar-refractivity contribution is 0.0523. The third-order valence-corrected chi connectivity index (χ3v) is 2.50. The molecule has 0 spiro atoms. The smallest absolute Gasteiger partial charge is 0.407 e. The molecule has 1 aromatic rings. The highest BCUT2D eigenvalue weighted by Gasteiger charge is 2.16. The Hall–Kier alpha value is -1.99. The minimum Gasteiger partial charge on any atom is -0.444 e. The van der Waals surface area contributed by atoms with E-state index >= 15 is 0 Å². The van der Waals surface area contributed by atoms with Gasteiger partial charge in [0.2, 0.25) is 0 Å². The van der Waals surface area contributed by atoms with Crippen molar-refractivity contribution < 1.29 is 9.53 Å². The number of hydrogen-bond acceptors (Lipinski definition) is 3. The van der Waals surface area contributed by atoms with Crippen molar-refractivity contribution in [2.45, 2.75) is 32.9 Å². The van der Waals surface area contributed by atoms with Crippen LogP contribution in [0, 0.1) is 11.3 Å². The van der Waals surface area contributed by atoms with E-state index in [1.54, 1.807) is 45.0 Å². The van der Waals surface area contributed by atoms with Crippen LogP contribution < -0.4 is 5.32 Å². The molecule has 0 aliphatic rings. The first-order valence-electron chi connectivity index (χ1n) is 6.13. The van der Waals surface area contributed by atoms with Crippen LogP contribution >= 0.6 is 11.6 Å². The van der Waals surface area contributed by atoms with Crippen LogP contribution in [0.4, 0.5) is 4.79 Å². The Morgan fingerprint density at radius 2 is 2.20 bits per heavy atom. The van der Waals surface area contributed by atoms with Crippen molar-refractivity contribution in [3.05, 3.63) is 40.4 Å². The summed E-state index contributed by atoms with van der Waals surface area (Å²) >= 11 is 5.94. The Labute approximate surface area is 124 Å². The zero-order valence-corrected chi connectivity index (χ0v) is 12.5. The second kappa shape index (κ2) is 6.97. The minimum absolute atomic E-state index is 0.278. The summed E-state index contributed by atoms with van der Waals surface area (Å²) in [6.07, 6.45) is 2.55. The third kappa shape index (κ3) is 5.77. The highest BCUT2D eigenvalue weighted by Crippen LogP contribution is 2.17. The molecule has 0 heterocycles. The van der Waals surface area contributed by atoms with E-state index in [-0.39, 0.29) is 6.54 Å². The van der Waals surface area contributed by atoms with Crippen molar-refractivity contribution >= 4 is 23.8 Å². The minimum atomic E-state index is -0.540. The van der Waals surface area contributed by atoms with Crippen molar-refractivity contribution in [1.29, 1.82) is 5.26 Å². The number of allylic oxidation sites excluding steroid dienone is 1. The molecule has 0 saturated carbocycles. The SMILES string of the molecule is CC(C)(C)OC(=O)NCc1cc(Cl)ccc1/C=C/C#N. The molecule has 20 heavy (non-hydrogen) atoms. The highest BCUT2D eigenvalue weighted by molar-refractivity contribution is 6.30. The summed E-state index contributed by atoms with van der Waals surface area (Å²) in [6, 6.07) is 7.20. The average molecular weight is 293 g/mol. The summed E-state index contributed by atoms with van der Waals surface area (Å²) in [6.45, 7) is 5.67. The zero-order valence-electron chi connectivity index (χ0n) is 11.7. The van der Waals surface area contributed by atoms with Crippen molar-refractivity contribution in [3.8, 4) is 6.07 Å². The van der Waals surface area contributed by atoms with Gasteiger partial charge in [0.1, 0.15) is 5.60 Å². The van der Waals surface area contributed by atoms with Gasteiger partial charge in [-0.1, -0.05) is 17.7 Å². The van der Waals surface area contributed by atoms with E-state index < -0.39 is 11.7 Å². The molecule has 1 amide bonds. The molecule has 1 aromatic carbocycles. The molecule has 0 unspecified atom stereocenters. The number of nitrogens with one attached hydrogen (secondary N) is 1. The fourth-order valence-electron chi connectivity index (χ4n) is 1.50. The van der Waals surface area contributed by atoms with Crippen molar-refractivity contribution in [1.82, 2.24) is 5.32 Å². The van der Waals surface area contributed by atoms with Gasteiger partial charge in [0.25, 0.3) is 0 Å². The maximum atomic E-state index is 11.6. The highest BCUT2D eigenvalue weighted by atomic mass is 35.5. The summed E-state index contributed by atoms with van der Waals surface area (Å²) < 4.78 is 5.16. The molecule has 0 radical (unpaired) electrons. The number of rotatable bonds is 3. The van der Waals surface area contributed by atoms with Crippen LogP contribution in [0.15, 0.2) is 24.3 Å². The predicted octanol–water partition coefficient (Wildman–Crippen LogP) is 3.90. The van der Waals surface area contributed by atoms with Gasteiger partial charge in [0, 0.05) is 17.6 Å². The van der Waals surface area contributed by atoms with Crippen molar-refractivity contribution in [2.24, 2.45) is 0 Å². The summed E-state index contributed by atoms with van der Waals surface area (Å²) in [7, 11) is 0. The van der Waals surface area contributed by atoms with Crippen LogP contribution in [0.3, 0.4) is 0 Å². The van der Waals surface area contributed by atoms with Gasteiger partial charge in [-0.2, -0.15) is 5.26 Å². The summed E-state index contributed by atoms with van der Waals surface area (Å²) in [5, 5.41) is 11.8. The number of carbonyl (C=O) groups excluding carboxylic acids is 1. The van der Waals surface area contributed by atoms with Gasteiger partial charge in [-0.15, -0.1) is 0 Å². The third-order valence-electron chi connectivity index (χ3n) is 2.26. The number of nitriles is 1. The second-order valence-electron chi connectivity index (χ2n) is 5.16. The Morgan fingerprint density at radius 1 is 1.50 bits per heavy atom. The molecule has 0 fully saturated rings. The van der Waals surface area contributed by atoms with Crippen LogP contribution in [0.25, 0.3) is 6.08 Å². The lowest BCUT2D eigenvalue weighted by atomic mass is 10.1. The van der Waals surface area contributed by atoms with Gasteiger partial charge >= 0.3 is 6.09 Å². The normalized spacial score (nSPS) is 11.2. The first kappa shape index (κ1) is 16.1. The Balaban J connectivity index is 2.77.